The molecule has 4 rings (SSSR count). The lowest BCUT2D eigenvalue weighted by Gasteiger charge is -2.32. The van der Waals surface area contributed by atoms with Gasteiger partial charge in [-0.15, -0.1) is 0 Å². The zero-order valence-corrected chi connectivity index (χ0v) is 25.1. The van der Waals surface area contributed by atoms with Crippen molar-refractivity contribution >= 4 is 39.1 Å². The monoisotopic (exact) mass is 597 g/mol. The number of halogens is 1. The van der Waals surface area contributed by atoms with Gasteiger partial charge >= 0.3 is 0 Å². The summed E-state index contributed by atoms with van der Waals surface area (Å²) in [7, 11) is -2.63. The molecule has 0 aromatic heterocycles. The molecule has 0 spiro atoms. The van der Waals surface area contributed by atoms with Gasteiger partial charge in [0, 0.05) is 17.6 Å². The highest BCUT2D eigenvalue weighted by molar-refractivity contribution is 7.92. The second kappa shape index (κ2) is 13.4. The minimum atomic E-state index is -4.15. The van der Waals surface area contributed by atoms with Crippen LogP contribution in [-0.2, 0) is 26.2 Å². The first kappa shape index (κ1) is 30.4. The Kier molecular flexibility index (Phi) is 9.94. The summed E-state index contributed by atoms with van der Waals surface area (Å²) in [5, 5.41) is 3.51. The maximum atomic E-state index is 14.1. The number of carbonyl (C=O) groups excluding carboxylic acids is 2. The van der Waals surface area contributed by atoms with E-state index in [4.69, 9.17) is 16.3 Å². The van der Waals surface area contributed by atoms with E-state index in [2.05, 4.69) is 5.32 Å². The number of rotatable bonds is 11. The summed E-state index contributed by atoms with van der Waals surface area (Å²) in [6, 6.07) is 19.2. The molecular weight excluding hydrogens is 562 g/mol. The van der Waals surface area contributed by atoms with Crippen molar-refractivity contribution in [3.8, 4) is 5.75 Å². The minimum Gasteiger partial charge on any atom is -0.497 e. The Morgan fingerprint density at radius 2 is 1.63 bits per heavy atom. The standard InChI is InChI=1S/C31H36ClN3O5S/c1-22-12-18-28(19-13-22)41(38,39)35(26-14-16-27(40-3)17-15-26)21-30(36)34(20-24-8-4-7-11-29(24)32)23(2)31(37)33-25-9-5-6-10-25/h4,7-8,11-19,23,25H,5-6,9-10,20-21H2,1-3H3,(H,33,37). The molecule has 1 saturated carbocycles. The van der Waals surface area contributed by atoms with Crippen LogP contribution in [0.3, 0.4) is 0 Å². The fourth-order valence-electron chi connectivity index (χ4n) is 4.90. The molecule has 1 unspecified atom stereocenters. The number of ether oxygens (including phenoxy) is 1. The van der Waals surface area contributed by atoms with Crippen LogP contribution in [-0.4, -0.2) is 50.9 Å². The molecule has 0 bridgehead atoms. The zero-order valence-electron chi connectivity index (χ0n) is 23.5. The number of carbonyl (C=O) groups is 2. The fraction of sp³-hybridized carbons (Fsp3) is 0.355. The quantitative estimate of drug-likeness (QED) is 0.322. The van der Waals surface area contributed by atoms with E-state index in [0.29, 0.717) is 22.0 Å². The Bertz CT molecular complexity index is 1460. The lowest BCUT2D eigenvalue weighted by molar-refractivity contribution is -0.139. The van der Waals surface area contributed by atoms with Crippen molar-refractivity contribution in [1.29, 1.82) is 0 Å². The van der Waals surface area contributed by atoms with E-state index < -0.39 is 28.5 Å². The maximum absolute atomic E-state index is 14.1. The van der Waals surface area contributed by atoms with Crippen molar-refractivity contribution < 1.29 is 22.7 Å². The average Bonchev–Trinajstić information content (AvgIpc) is 3.48. The van der Waals surface area contributed by atoms with Crippen molar-refractivity contribution in [2.45, 2.75) is 63.1 Å². The molecule has 41 heavy (non-hydrogen) atoms. The number of hydrogen-bond acceptors (Lipinski definition) is 5. The van der Waals surface area contributed by atoms with E-state index in [0.717, 1.165) is 35.6 Å². The van der Waals surface area contributed by atoms with Gasteiger partial charge in [0.2, 0.25) is 11.8 Å². The van der Waals surface area contributed by atoms with E-state index in [-0.39, 0.29) is 23.4 Å². The van der Waals surface area contributed by atoms with Crippen LogP contribution < -0.4 is 14.4 Å². The normalized spacial score (nSPS) is 14.3. The van der Waals surface area contributed by atoms with Gasteiger partial charge in [0.05, 0.1) is 17.7 Å². The van der Waals surface area contributed by atoms with Crippen LogP contribution in [0.25, 0.3) is 0 Å². The number of aryl methyl sites for hydroxylation is 1. The first-order valence-electron chi connectivity index (χ1n) is 13.7. The predicted octanol–water partition coefficient (Wildman–Crippen LogP) is 5.33. The number of hydrogen-bond donors (Lipinski definition) is 1. The highest BCUT2D eigenvalue weighted by Crippen LogP contribution is 2.27. The lowest BCUT2D eigenvalue weighted by Crippen LogP contribution is -2.52. The molecule has 0 saturated heterocycles. The molecule has 1 aliphatic rings. The van der Waals surface area contributed by atoms with Gasteiger partial charge in [-0.3, -0.25) is 13.9 Å². The molecule has 10 heteroatoms. The van der Waals surface area contributed by atoms with Crippen LogP contribution >= 0.6 is 11.6 Å². The van der Waals surface area contributed by atoms with Crippen LogP contribution in [0.15, 0.2) is 77.7 Å². The predicted molar refractivity (Wildman–Crippen MR) is 161 cm³/mol. The molecule has 3 aromatic carbocycles. The van der Waals surface area contributed by atoms with Gasteiger partial charge < -0.3 is 15.0 Å². The average molecular weight is 598 g/mol. The summed E-state index contributed by atoms with van der Waals surface area (Å²) in [6.07, 6.45) is 3.90. The van der Waals surface area contributed by atoms with Crippen LogP contribution in [0.4, 0.5) is 5.69 Å². The summed E-state index contributed by atoms with van der Waals surface area (Å²) in [5.74, 6) is -0.273. The largest absolute Gasteiger partial charge is 0.497 e. The fourth-order valence-corrected chi connectivity index (χ4v) is 6.51. The van der Waals surface area contributed by atoms with Gasteiger partial charge in [0.1, 0.15) is 18.3 Å². The molecule has 218 valence electrons. The van der Waals surface area contributed by atoms with Crippen LogP contribution in [0.5, 0.6) is 5.75 Å². The molecule has 8 nitrogen and oxygen atoms in total. The van der Waals surface area contributed by atoms with E-state index in [9.17, 15) is 18.0 Å². The molecule has 1 atom stereocenters. The third-order valence-corrected chi connectivity index (χ3v) is 9.57. The summed E-state index contributed by atoms with van der Waals surface area (Å²) in [6.45, 7) is 3.05. The first-order chi connectivity index (χ1) is 19.6. The number of nitrogens with one attached hydrogen (secondary N) is 1. The van der Waals surface area contributed by atoms with E-state index in [1.807, 2.05) is 6.92 Å². The van der Waals surface area contributed by atoms with Crippen LogP contribution in [0.1, 0.15) is 43.7 Å². The third kappa shape index (κ3) is 7.40. The van der Waals surface area contributed by atoms with Gasteiger partial charge in [-0.25, -0.2) is 8.42 Å². The molecule has 1 fully saturated rings. The van der Waals surface area contributed by atoms with Crippen molar-refractivity contribution in [2.75, 3.05) is 18.0 Å². The van der Waals surface area contributed by atoms with Gasteiger partial charge in [-0.2, -0.15) is 0 Å². The number of nitrogens with zero attached hydrogens (tertiary/aromatic N) is 2. The highest BCUT2D eigenvalue weighted by Gasteiger charge is 2.33. The molecule has 3 aromatic rings. The Morgan fingerprint density at radius 3 is 2.24 bits per heavy atom. The number of amides is 2. The van der Waals surface area contributed by atoms with E-state index in [1.165, 1.54) is 24.1 Å². The van der Waals surface area contributed by atoms with Gasteiger partial charge in [-0.1, -0.05) is 60.3 Å². The second-order valence-corrected chi connectivity index (χ2v) is 12.6. The van der Waals surface area contributed by atoms with Crippen molar-refractivity contribution in [2.24, 2.45) is 0 Å². The molecule has 0 radical (unpaired) electrons. The van der Waals surface area contributed by atoms with Crippen LogP contribution in [0, 0.1) is 6.92 Å². The maximum Gasteiger partial charge on any atom is 0.264 e. The Labute approximate surface area is 247 Å². The number of anilines is 1. The molecule has 0 aliphatic heterocycles. The van der Waals surface area contributed by atoms with Crippen molar-refractivity contribution in [3.05, 3.63) is 88.9 Å². The van der Waals surface area contributed by atoms with Crippen molar-refractivity contribution in [1.82, 2.24) is 10.2 Å². The molecule has 1 N–H and O–H groups in total. The summed E-state index contributed by atoms with van der Waals surface area (Å²) in [5.41, 5.74) is 1.85. The molecule has 0 heterocycles. The van der Waals surface area contributed by atoms with E-state index >= 15 is 0 Å². The number of sulfonamides is 1. The number of benzene rings is 3. The second-order valence-electron chi connectivity index (χ2n) is 10.3. The smallest absolute Gasteiger partial charge is 0.264 e. The third-order valence-electron chi connectivity index (χ3n) is 7.42. The van der Waals surface area contributed by atoms with Crippen molar-refractivity contribution in [3.63, 3.8) is 0 Å². The molecule has 1 aliphatic carbocycles. The Morgan fingerprint density at radius 1 is 1.00 bits per heavy atom. The zero-order chi connectivity index (χ0) is 29.6. The summed E-state index contributed by atoms with van der Waals surface area (Å²) < 4.78 is 34.2. The molecular formula is C31H36ClN3O5S. The van der Waals surface area contributed by atoms with Gasteiger partial charge in [0.15, 0.2) is 0 Å². The highest BCUT2D eigenvalue weighted by atomic mass is 35.5. The summed E-state index contributed by atoms with van der Waals surface area (Å²) in [4.78, 5) is 28.8. The first-order valence-corrected chi connectivity index (χ1v) is 15.5. The Balaban J connectivity index is 1.69. The summed E-state index contributed by atoms with van der Waals surface area (Å²) >= 11 is 6.43. The van der Waals surface area contributed by atoms with Crippen LogP contribution in [0.2, 0.25) is 5.02 Å². The van der Waals surface area contributed by atoms with E-state index in [1.54, 1.807) is 67.6 Å². The topological polar surface area (TPSA) is 96.0 Å². The van der Waals surface area contributed by atoms with Gasteiger partial charge in [-0.05, 0) is 74.7 Å². The lowest BCUT2D eigenvalue weighted by atomic mass is 10.1. The minimum absolute atomic E-state index is 0.0405. The molecule has 2 amide bonds. The number of methoxy groups -OCH3 is 1. The Hall–Kier alpha value is -3.56. The van der Waals surface area contributed by atoms with Gasteiger partial charge in [0.25, 0.3) is 10.0 Å². The SMILES string of the molecule is COc1ccc(N(CC(=O)N(Cc2ccccc2Cl)C(C)C(=O)NC2CCCC2)S(=O)(=O)c2ccc(C)cc2)cc1.